The number of nitrogens with zero attached hydrogens (tertiary/aromatic N) is 2. The number of phenols is 2. The molecular formula is C51H76N4O10. The zero-order chi connectivity index (χ0) is 48.1. The van der Waals surface area contributed by atoms with E-state index in [-0.39, 0.29) is 54.4 Å². The van der Waals surface area contributed by atoms with E-state index in [0.29, 0.717) is 36.8 Å². The van der Waals surface area contributed by atoms with Gasteiger partial charge in [0.15, 0.2) is 17.3 Å². The molecule has 14 heteroatoms. The number of phenolic OH excluding ortho intramolecular Hbond substituents is 2. The van der Waals surface area contributed by atoms with Crippen molar-refractivity contribution >= 4 is 41.0 Å². The number of rotatable bonds is 24. The number of unbranched alkanes of at least 4 members (excludes halogenated alkanes) is 12. The Morgan fingerprint density at radius 3 is 1.94 bits per heavy atom. The molecule has 0 aliphatic carbocycles. The molecular weight excluding hydrogens is 829 g/mol. The van der Waals surface area contributed by atoms with Gasteiger partial charge in [0.1, 0.15) is 23.6 Å². The zero-order valence-electron chi connectivity index (χ0n) is 39.8. The van der Waals surface area contributed by atoms with Gasteiger partial charge in [0, 0.05) is 56.8 Å². The van der Waals surface area contributed by atoms with Gasteiger partial charge < -0.3 is 35.8 Å². The van der Waals surface area contributed by atoms with E-state index >= 15 is 0 Å². The van der Waals surface area contributed by atoms with Crippen molar-refractivity contribution in [3.63, 3.8) is 0 Å². The molecule has 1 aliphatic rings. The lowest BCUT2D eigenvalue weighted by molar-refractivity contribution is -0.142. The number of Topliss-reactive ketones (excluding diaryl/α,β-unsaturated/α-hetero) is 3. The highest BCUT2D eigenvalue weighted by molar-refractivity contribution is 5.97. The van der Waals surface area contributed by atoms with E-state index in [1.807, 2.05) is 0 Å². The van der Waals surface area contributed by atoms with Crippen LogP contribution in [0.1, 0.15) is 167 Å². The Labute approximate surface area is 386 Å². The summed E-state index contributed by atoms with van der Waals surface area (Å²) in [7, 11) is 2.85. The highest BCUT2D eigenvalue weighted by Gasteiger charge is 2.34. The average Bonchev–Trinajstić information content (AvgIpc) is 3.27. The van der Waals surface area contributed by atoms with Crippen LogP contribution in [0.2, 0.25) is 0 Å². The summed E-state index contributed by atoms with van der Waals surface area (Å²) in [5.74, 6) is -4.49. The summed E-state index contributed by atoms with van der Waals surface area (Å²) in [6, 6.07) is 4.97. The van der Waals surface area contributed by atoms with Crippen molar-refractivity contribution in [1.29, 1.82) is 0 Å². The summed E-state index contributed by atoms with van der Waals surface area (Å²) in [5.41, 5.74) is 1.61. The number of aliphatic hydroxyl groups excluding tert-OH is 1. The van der Waals surface area contributed by atoms with E-state index in [4.69, 9.17) is 0 Å². The molecule has 14 nitrogen and oxygen atoms in total. The number of nitrogens with one attached hydrogen (secondary N) is 2. The molecule has 0 radical (unpaired) electrons. The molecule has 4 bridgehead atoms. The lowest BCUT2D eigenvalue weighted by Gasteiger charge is -2.29. The number of ketones is 3. The molecule has 1 heterocycles. The Morgan fingerprint density at radius 1 is 0.785 bits per heavy atom. The second-order valence-corrected chi connectivity index (χ2v) is 18.1. The molecule has 360 valence electrons. The molecule has 0 aromatic heterocycles. The van der Waals surface area contributed by atoms with Gasteiger partial charge in [0.25, 0.3) is 0 Å². The molecule has 5 atom stereocenters. The Hall–Kier alpha value is -5.11. The first-order valence-electron chi connectivity index (χ1n) is 23.9. The predicted molar refractivity (Wildman–Crippen MR) is 251 cm³/mol. The lowest BCUT2D eigenvalue weighted by Crippen LogP contribution is -2.53. The van der Waals surface area contributed by atoms with Crippen LogP contribution in [-0.4, -0.2) is 105 Å². The van der Waals surface area contributed by atoms with Crippen molar-refractivity contribution in [2.75, 3.05) is 20.7 Å². The average molecular weight is 905 g/mol. The SMILES string of the molecule is CCCCCCCCCCCCCCCC(=O)N(C)[C@H](CO)C(=O)N[C@H](C)C(=O)CCC(=O)N(C)[C@@H]1C(=O)C[C@@H](C)C(=O)N[C@H](C(C)=O)CCCc2ccc(O)c(c2)-c2cc1ccc2O. The second-order valence-electron chi connectivity index (χ2n) is 18.1. The summed E-state index contributed by atoms with van der Waals surface area (Å²) >= 11 is 0. The summed E-state index contributed by atoms with van der Waals surface area (Å²) in [5, 5.41) is 37.3. The molecule has 5 N–H and O–H groups in total. The monoisotopic (exact) mass is 905 g/mol. The number of carbonyl (C=O) groups is 7. The summed E-state index contributed by atoms with van der Waals surface area (Å²) < 4.78 is 0. The van der Waals surface area contributed by atoms with Crippen molar-refractivity contribution < 1.29 is 48.9 Å². The fourth-order valence-corrected chi connectivity index (χ4v) is 8.41. The fourth-order valence-electron chi connectivity index (χ4n) is 8.41. The maximum absolute atomic E-state index is 14.2. The topological polar surface area (TPSA) is 211 Å². The van der Waals surface area contributed by atoms with E-state index < -0.39 is 66.0 Å². The van der Waals surface area contributed by atoms with Gasteiger partial charge in [-0.2, -0.15) is 0 Å². The van der Waals surface area contributed by atoms with E-state index in [1.165, 1.54) is 120 Å². The maximum Gasteiger partial charge on any atom is 0.245 e. The highest BCUT2D eigenvalue weighted by Crippen LogP contribution is 2.39. The van der Waals surface area contributed by atoms with Crippen LogP contribution < -0.4 is 10.6 Å². The first-order valence-corrected chi connectivity index (χ1v) is 23.9. The number of hydrogen-bond donors (Lipinski definition) is 5. The second kappa shape index (κ2) is 28.0. The molecule has 2 aromatic carbocycles. The number of aryl methyl sites for hydroxylation is 1. The van der Waals surface area contributed by atoms with Crippen LogP contribution in [0.4, 0.5) is 0 Å². The molecule has 4 amide bonds. The van der Waals surface area contributed by atoms with E-state index in [1.54, 1.807) is 19.1 Å². The zero-order valence-corrected chi connectivity index (χ0v) is 39.8. The summed E-state index contributed by atoms with van der Waals surface area (Å²) in [6.45, 7) is 5.98. The van der Waals surface area contributed by atoms with Crippen LogP contribution in [0, 0.1) is 5.92 Å². The first-order chi connectivity index (χ1) is 31.0. The van der Waals surface area contributed by atoms with Gasteiger partial charge in [-0.05, 0) is 74.9 Å². The Kier molecular flexibility index (Phi) is 23.4. The Morgan fingerprint density at radius 2 is 1.35 bits per heavy atom. The van der Waals surface area contributed by atoms with Crippen molar-refractivity contribution in [2.24, 2.45) is 5.92 Å². The molecule has 0 spiro atoms. The number of carbonyl (C=O) groups excluding carboxylic acids is 7. The highest BCUT2D eigenvalue weighted by atomic mass is 16.3. The predicted octanol–water partition coefficient (Wildman–Crippen LogP) is 7.42. The molecule has 0 fully saturated rings. The number of hydrogen-bond acceptors (Lipinski definition) is 10. The minimum atomic E-state index is -1.27. The number of benzene rings is 2. The molecule has 0 unspecified atom stereocenters. The van der Waals surface area contributed by atoms with Crippen LogP contribution >= 0.6 is 0 Å². The normalized spacial score (nSPS) is 17.7. The number of amides is 4. The van der Waals surface area contributed by atoms with Gasteiger partial charge in [-0.15, -0.1) is 0 Å². The minimum absolute atomic E-state index is 0.120. The molecule has 0 saturated heterocycles. The maximum atomic E-state index is 14.2. The van der Waals surface area contributed by atoms with Crippen LogP contribution in [0.15, 0.2) is 36.4 Å². The number of aromatic hydroxyl groups is 2. The van der Waals surface area contributed by atoms with E-state index in [9.17, 15) is 48.9 Å². The standard InChI is InChI=1S/C51H76N4O10/c1-7-8-9-10-11-12-13-14-15-16-17-18-19-23-47(62)54(5)42(33-56)51(65)52-35(3)43(58)28-29-48(63)55(6)49-38-25-27-45(60)40(32-38)39-31-37(24-26-44(39)59)21-20-22-41(36(4)57)53-50(64)34(2)30-46(49)61/h24-27,31-32,34-35,41-42,49,56,59-60H,7-23,28-30,33H2,1-6H3,(H,52,65)(H,53,64)/t34-,35-,41+,42-,49+/m1/s1. The van der Waals surface area contributed by atoms with E-state index in [2.05, 4.69) is 17.6 Å². The van der Waals surface area contributed by atoms with Gasteiger partial charge in [-0.1, -0.05) is 103 Å². The van der Waals surface area contributed by atoms with Crippen LogP contribution in [0.5, 0.6) is 11.5 Å². The van der Waals surface area contributed by atoms with Gasteiger partial charge in [0.05, 0.1) is 18.7 Å². The van der Waals surface area contributed by atoms with Crippen LogP contribution in [0.25, 0.3) is 11.1 Å². The van der Waals surface area contributed by atoms with Gasteiger partial charge in [0.2, 0.25) is 23.6 Å². The summed E-state index contributed by atoms with van der Waals surface area (Å²) in [4.78, 5) is 95.7. The largest absolute Gasteiger partial charge is 0.507 e. The summed E-state index contributed by atoms with van der Waals surface area (Å²) in [6.07, 6.45) is 15.9. The third-order valence-corrected chi connectivity index (χ3v) is 12.8. The van der Waals surface area contributed by atoms with E-state index in [0.717, 1.165) is 24.8 Å². The molecule has 3 rings (SSSR count). The molecule has 1 aliphatic heterocycles. The van der Waals surface area contributed by atoms with Crippen LogP contribution in [-0.2, 0) is 40.0 Å². The van der Waals surface area contributed by atoms with Crippen molar-refractivity contribution in [2.45, 2.75) is 180 Å². The van der Waals surface area contributed by atoms with Gasteiger partial charge in [-0.25, -0.2) is 0 Å². The Bertz CT molecular complexity index is 1920. The molecule has 65 heavy (non-hydrogen) atoms. The number of likely N-dealkylation sites (N-methyl/N-ethyl adjacent to an activating group) is 2. The lowest BCUT2D eigenvalue weighted by atomic mass is 9.90. The minimum Gasteiger partial charge on any atom is -0.507 e. The first kappa shape index (κ1) is 54.2. The smallest absolute Gasteiger partial charge is 0.245 e. The third-order valence-electron chi connectivity index (χ3n) is 12.8. The van der Waals surface area contributed by atoms with Gasteiger partial charge in [-0.3, -0.25) is 33.6 Å². The van der Waals surface area contributed by atoms with Gasteiger partial charge >= 0.3 is 0 Å². The molecule has 2 aromatic rings. The number of fused-ring (bicyclic) bond motifs is 5. The Balaban J connectivity index is 1.63. The van der Waals surface area contributed by atoms with Crippen molar-refractivity contribution in [3.05, 3.63) is 47.5 Å². The molecule has 0 saturated carbocycles. The third kappa shape index (κ3) is 17.3. The van der Waals surface area contributed by atoms with Crippen LogP contribution in [0.3, 0.4) is 0 Å². The van der Waals surface area contributed by atoms with Crippen molar-refractivity contribution in [3.8, 4) is 22.6 Å². The fraction of sp³-hybridized carbons (Fsp3) is 0.627. The number of aliphatic hydroxyl groups is 1. The van der Waals surface area contributed by atoms with Crippen molar-refractivity contribution in [1.82, 2.24) is 20.4 Å². The quantitative estimate of drug-likeness (QED) is 0.0658.